The summed E-state index contributed by atoms with van der Waals surface area (Å²) in [5.74, 6) is 2.45. The van der Waals surface area contributed by atoms with Crippen molar-refractivity contribution in [2.45, 2.75) is 18.4 Å². The molecule has 0 aromatic carbocycles. The van der Waals surface area contributed by atoms with Crippen molar-refractivity contribution in [3.63, 3.8) is 0 Å². The van der Waals surface area contributed by atoms with Crippen LogP contribution >= 0.6 is 23.4 Å². The molecule has 3 nitrogen and oxygen atoms in total. The van der Waals surface area contributed by atoms with Crippen molar-refractivity contribution in [2.75, 3.05) is 0 Å². The van der Waals surface area contributed by atoms with Gasteiger partial charge in [0.05, 0.1) is 5.69 Å². The molecule has 5 heteroatoms. The second kappa shape index (κ2) is 4.27. The molecule has 0 amide bonds. The van der Waals surface area contributed by atoms with Crippen LogP contribution in [0.3, 0.4) is 0 Å². The number of halogens is 1. The van der Waals surface area contributed by atoms with E-state index in [1.807, 2.05) is 36.9 Å². The number of hydrogen-bond donors (Lipinski definition) is 0. The third-order valence-electron chi connectivity index (χ3n) is 2.64. The van der Waals surface area contributed by atoms with Gasteiger partial charge < -0.3 is 0 Å². The molecule has 2 aromatic rings. The predicted molar refractivity (Wildman–Crippen MR) is 70.0 cm³/mol. The topological polar surface area (TPSA) is 38.7 Å². The van der Waals surface area contributed by atoms with E-state index < -0.39 is 0 Å². The molecule has 0 saturated heterocycles. The molecule has 0 fully saturated rings. The first-order valence-corrected chi connectivity index (χ1v) is 6.84. The molecule has 0 aliphatic carbocycles. The molecule has 0 bridgehead atoms. The maximum atomic E-state index is 6.17. The van der Waals surface area contributed by atoms with E-state index >= 15 is 0 Å². The highest BCUT2D eigenvalue weighted by atomic mass is 35.5. The normalized spacial score (nSPS) is 13.8. The van der Waals surface area contributed by atoms with Gasteiger partial charge in [0.1, 0.15) is 10.8 Å². The highest BCUT2D eigenvalue weighted by Crippen LogP contribution is 2.33. The summed E-state index contributed by atoms with van der Waals surface area (Å²) in [5.41, 5.74) is 3.87. The van der Waals surface area contributed by atoms with Crippen LogP contribution < -0.4 is 0 Å². The molecule has 86 valence electrons. The Balaban J connectivity index is 2.13. The van der Waals surface area contributed by atoms with Crippen LogP contribution in [0, 0.1) is 6.92 Å². The summed E-state index contributed by atoms with van der Waals surface area (Å²) in [4.78, 5) is 13.3. The summed E-state index contributed by atoms with van der Waals surface area (Å²) in [5, 5.41) is 0.568. The summed E-state index contributed by atoms with van der Waals surface area (Å²) in [7, 11) is 0. The van der Waals surface area contributed by atoms with Gasteiger partial charge in [0.2, 0.25) is 0 Å². The lowest BCUT2D eigenvalue weighted by molar-refractivity contribution is 1.05. The fourth-order valence-corrected chi connectivity index (χ4v) is 3.17. The van der Waals surface area contributed by atoms with Crippen LogP contribution in [0.5, 0.6) is 0 Å². The molecule has 0 unspecified atom stereocenters. The van der Waals surface area contributed by atoms with E-state index in [4.69, 9.17) is 11.6 Å². The van der Waals surface area contributed by atoms with Crippen molar-refractivity contribution in [1.82, 2.24) is 15.0 Å². The van der Waals surface area contributed by atoms with Crippen molar-refractivity contribution >= 4 is 23.4 Å². The van der Waals surface area contributed by atoms with E-state index in [2.05, 4.69) is 15.0 Å². The quantitative estimate of drug-likeness (QED) is 0.741. The van der Waals surface area contributed by atoms with Crippen molar-refractivity contribution in [1.29, 1.82) is 0 Å². The molecule has 0 radical (unpaired) electrons. The zero-order chi connectivity index (χ0) is 11.8. The first kappa shape index (κ1) is 11.0. The standard InChI is InChI=1S/C12H10ClN3S/c1-7-3-2-4-9(14-7)12-15-10-6-17-5-8(10)11(13)16-12/h2-4H,5-6H2,1H3. The van der Waals surface area contributed by atoms with E-state index in [0.717, 1.165) is 34.2 Å². The second-order valence-electron chi connectivity index (χ2n) is 3.92. The number of fused-ring (bicyclic) bond motifs is 1. The van der Waals surface area contributed by atoms with Gasteiger partial charge in [0.15, 0.2) is 5.82 Å². The van der Waals surface area contributed by atoms with Crippen LogP contribution in [0.4, 0.5) is 0 Å². The lowest BCUT2D eigenvalue weighted by atomic mass is 10.2. The smallest absolute Gasteiger partial charge is 0.179 e. The number of rotatable bonds is 1. The number of nitrogens with zero attached hydrogens (tertiary/aromatic N) is 3. The zero-order valence-electron chi connectivity index (χ0n) is 9.27. The van der Waals surface area contributed by atoms with E-state index in [0.29, 0.717) is 11.0 Å². The maximum Gasteiger partial charge on any atom is 0.179 e. The monoisotopic (exact) mass is 263 g/mol. The number of pyridine rings is 1. The third-order valence-corrected chi connectivity index (χ3v) is 3.93. The Kier molecular flexibility index (Phi) is 2.76. The van der Waals surface area contributed by atoms with E-state index in [1.165, 1.54) is 0 Å². The summed E-state index contributed by atoms with van der Waals surface area (Å²) in [6.07, 6.45) is 0. The van der Waals surface area contributed by atoms with Crippen molar-refractivity contribution < 1.29 is 0 Å². The Labute approximate surface area is 109 Å². The third kappa shape index (κ3) is 2.03. The van der Waals surface area contributed by atoms with Gasteiger partial charge in [-0.2, -0.15) is 11.8 Å². The van der Waals surface area contributed by atoms with Gasteiger partial charge in [-0.3, -0.25) is 0 Å². The summed E-state index contributed by atoms with van der Waals surface area (Å²) >= 11 is 7.99. The molecule has 0 atom stereocenters. The lowest BCUT2D eigenvalue weighted by Crippen LogP contribution is -1.99. The SMILES string of the molecule is Cc1cccc(-c2nc(Cl)c3c(n2)CSC3)n1. The summed E-state index contributed by atoms with van der Waals surface area (Å²) in [6, 6.07) is 5.82. The van der Waals surface area contributed by atoms with Crippen molar-refractivity contribution in [2.24, 2.45) is 0 Å². The first-order chi connectivity index (χ1) is 8.24. The van der Waals surface area contributed by atoms with E-state index in [9.17, 15) is 0 Å². The van der Waals surface area contributed by atoms with Crippen LogP contribution in [-0.2, 0) is 11.5 Å². The van der Waals surface area contributed by atoms with Gasteiger partial charge in [-0.05, 0) is 19.1 Å². The molecular formula is C12H10ClN3S. The van der Waals surface area contributed by atoms with Crippen LogP contribution in [0.2, 0.25) is 5.15 Å². The molecule has 17 heavy (non-hydrogen) atoms. The van der Waals surface area contributed by atoms with Gasteiger partial charge in [-0.25, -0.2) is 15.0 Å². The highest BCUT2D eigenvalue weighted by molar-refractivity contribution is 7.98. The summed E-state index contributed by atoms with van der Waals surface area (Å²) in [6.45, 7) is 1.95. The fourth-order valence-electron chi connectivity index (χ4n) is 1.79. The average Bonchev–Trinajstić information content (AvgIpc) is 2.77. The molecule has 1 aliphatic rings. The van der Waals surface area contributed by atoms with Gasteiger partial charge in [-0.15, -0.1) is 0 Å². The van der Waals surface area contributed by atoms with Gasteiger partial charge >= 0.3 is 0 Å². The minimum absolute atomic E-state index is 0.568. The Morgan fingerprint density at radius 2 is 2.06 bits per heavy atom. The number of hydrogen-bond acceptors (Lipinski definition) is 4. The van der Waals surface area contributed by atoms with Crippen LogP contribution in [0.25, 0.3) is 11.5 Å². The molecule has 3 rings (SSSR count). The van der Waals surface area contributed by atoms with Gasteiger partial charge in [0, 0.05) is 22.8 Å². The number of aromatic nitrogens is 3. The van der Waals surface area contributed by atoms with E-state index in [1.54, 1.807) is 0 Å². The largest absolute Gasteiger partial charge is 0.250 e. The maximum absolute atomic E-state index is 6.17. The molecule has 0 spiro atoms. The molecule has 3 heterocycles. The van der Waals surface area contributed by atoms with E-state index in [-0.39, 0.29) is 0 Å². The Morgan fingerprint density at radius 3 is 2.88 bits per heavy atom. The van der Waals surface area contributed by atoms with Gasteiger partial charge in [0.25, 0.3) is 0 Å². The average molecular weight is 264 g/mol. The van der Waals surface area contributed by atoms with Crippen LogP contribution in [0.1, 0.15) is 17.0 Å². The first-order valence-electron chi connectivity index (χ1n) is 5.31. The van der Waals surface area contributed by atoms with Gasteiger partial charge in [-0.1, -0.05) is 17.7 Å². The Hall–Kier alpha value is -1.13. The Bertz CT molecular complexity index is 586. The van der Waals surface area contributed by atoms with Crippen LogP contribution in [0.15, 0.2) is 18.2 Å². The fraction of sp³-hybridized carbons (Fsp3) is 0.250. The minimum atomic E-state index is 0.568. The number of aryl methyl sites for hydroxylation is 1. The number of thioether (sulfide) groups is 1. The molecule has 0 N–H and O–H groups in total. The Morgan fingerprint density at radius 1 is 1.18 bits per heavy atom. The lowest BCUT2D eigenvalue weighted by Gasteiger charge is -2.05. The predicted octanol–water partition coefficient (Wildman–Crippen LogP) is 3.25. The summed E-state index contributed by atoms with van der Waals surface area (Å²) < 4.78 is 0. The minimum Gasteiger partial charge on any atom is -0.250 e. The zero-order valence-corrected chi connectivity index (χ0v) is 10.8. The molecule has 0 saturated carbocycles. The highest BCUT2D eigenvalue weighted by Gasteiger charge is 2.19. The molecular weight excluding hydrogens is 254 g/mol. The second-order valence-corrected chi connectivity index (χ2v) is 5.26. The van der Waals surface area contributed by atoms with Crippen LogP contribution in [-0.4, -0.2) is 15.0 Å². The molecule has 1 aliphatic heterocycles. The van der Waals surface area contributed by atoms with Crippen molar-refractivity contribution in [3.05, 3.63) is 40.3 Å². The van der Waals surface area contributed by atoms with Crippen molar-refractivity contribution in [3.8, 4) is 11.5 Å². The molecule has 2 aromatic heterocycles.